The third-order valence-electron chi connectivity index (χ3n) is 4.66. The molecule has 1 aliphatic heterocycles. The topological polar surface area (TPSA) is 71.3 Å². The maximum absolute atomic E-state index is 12.6. The van der Waals surface area contributed by atoms with Crippen LogP contribution in [0.3, 0.4) is 0 Å². The highest BCUT2D eigenvalue weighted by Gasteiger charge is 2.30. The number of piperidine rings is 1. The van der Waals surface area contributed by atoms with E-state index in [2.05, 4.69) is 15.3 Å². The first-order valence-electron chi connectivity index (χ1n) is 8.85. The first-order chi connectivity index (χ1) is 13.4. The minimum atomic E-state index is -4.42. The second-order valence-electron chi connectivity index (χ2n) is 6.66. The molecule has 1 aromatic carbocycles. The van der Waals surface area contributed by atoms with E-state index in [-0.39, 0.29) is 11.6 Å². The summed E-state index contributed by atoms with van der Waals surface area (Å²) in [6.45, 7) is 1.23. The molecule has 0 saturated carbocycles. The van der Waals surface area contributed by atoms with Crippen molar-refractivity contribution in [2.45, 2.75) is 25.1 Å². The molecule has 1 aliphatic rings. The quantitative estimate of drug-likeness (QED) is 0.739. The van der Waals surface area contributed by atoms with Crippen molar-refractivity contribution < 1.29 is 22.4 Å². The predicted molar refractivity (Wildman–Crippen MR) is 95.9 cm³/mol. The van der Waals surface area contributed by atoms with Gasteiger partial charge < -0.3 is 14.6 Å². The van der Waals surface area contributed by atoms with Crippen LogP contribution in [0.5, 0.6) is 0 Å². The monoisotopic (exact) mass is 390 g/mol. The standard InChI is InChI=1S/C19H17F3N4O2/c20-19(21,22)13-7-5-12(6-8-13)17(27)24-14-3-2-10-26(11-14)18-25-16-15(28-18)4-1-9-23-16/h1,4-9,14H,2-3,10-11H2,(H,24,27). The molecule has 1 fully saturated rings. The van der Waals surface area contributed by atoms with E-state index < -0.39 is 17.6 Å². The third-order valence-corrected chi connectivity index (χ3v) is 4.66. The number of rotatable bonds is 3. The van der Waals surface area contributed by atoms with Gasteiger partial charge in [0.2, 0.25) is 5.65 Å². The fraction of sp³-hybridized carbons (Fsp3) is 0.316. The molecule has 9 heteroatoms. The Bertz CT molecular complexity index is 952. The highest BCUT2D eigenvalue weighted by Crippen LogP contribution is 2.29. The molecule has 4 rings (SSSR count). The summed E-state index contributed by atoms with van der Waals surface area (Å²) < 4.78 is 43.7. The first-order valence-corrected chi connectivity index (χ1v) is 8.85. The molecule has 6 nitrogen and oxygen atoms in total. The summed E-state index contributed by atoms with van der Waals surface area (Å²) in [6, 6.07) is 8.03. The van der Waals surface area contributed by atoms with Crippen LogP contribution in [0, 0.1) is 0 Å². The number of hydrogen-bond donors (Lipinski definition) is 1. The van der Waals surface area contributed by atoms with Crippen LogP contribution >= 0.6 is 0 Å². The largest absolute Gasteiger partial charge is 0.422 e. The summed E-state index contributed by atoms with van der Waals surface area (Å²) in [5, 5.41) is 2.88. The molecule has 1 atom stereocenters. The lowest BCUT2D eigenvalue weighted by Gasteiger charge is -2.32. The van der Waals surface area contributed by atoms with Crippen molar-refractivity contribution in [2.75, 3.05) is 18.0 Å². The van der Waals surface area contributed by atoms with Crippen LogP contribution in [-0.4, -0.2) is 35.0 Å². The summed E-state index contributed by atoms with van der Waals surface area (Å²) in [5.41, 5.74) is 0.524. The number of pyridine rings is 1. The van der Waals surface area contributed by atoms with Gasteiger partial charge in [0.05, 0.1) is 5.56 Å². The number of oxazole rings is 1. The van der Waals surface area contributed by atoms with Crippen molar-refractivity contribution in [1.29, 1.82) is 0 Å². The van der Waals surface area contributed by atoms with Crippen molar-refractivity contribution in [1.82, 2.24) is 15.3 Å². The maximum atomic E-state index is 12.6. The van der Waals surface area contributed by atoms with Crippen molar-refractivity contribution in [3.63, 3.8) is 0 Å². The number of carbonyl (C=O) groups is 1. The van der Waals surface area contributed by atoms with Crippen LogP contribution in [0.15, 0.2) is 47.0 Å². The Morgan fingerprint density at radius 3 is 2.71 bits per heavy atom. The zero-order valence-corrected chi connectivity index (χ0v) is 14.7. The molecule has 0 radical (unpaired) electrons. The third kappa shape index (κ3) is 3.78. The molecule has 1 N–H and O–H groups in total. The van der Waals surface area contributed by atoms with Gasteiger partial charge in [-0.1, -0.05) is 0 Å². The number of carbonyl (C=O) groups excluding carboxylic acids is 1. The second-order valence-corrected chi connectivity index (χ2v) is 6.66. The number of fused-ring (bicyclic) bond motifs is 1. The van der Waals surface area contributed by atoms with Gasteiger partial charge in [-0.2, -0.15) is 18.2 Å². The van der Waals surface area contributed by atoms with Gasteiger partial charge in [-0.05, 0) is 49.2 Å². The van der Waals surface area contributed by atoms with E-state index in [9.17, 15) is 18.0 Å². The number of alkyl halides is 3. The number of aromatic nitrogens is 2. The van der Waals surface area contributed by atoms with E-state index in [1.807, 2.05) is 4.90 Å². The average molecular weight is 390 g/mol. The van der Waals surface area contributed by atoms with E-state index in [0.29, 0.717) is 23.8 Å². The molecule has 146 valence electrons. The number of anilines is 1. The van der Waals surface area contributed by atoms with Gasteiger partial charge >= 0.3 is 6.18 Å². The van der Waals surface area contributed by atoms with Crippen LogP contribution in [-0.2, 0) is 6.18 Å². The molecular formula is C19H17F3N4O2. The van der Waals surface area contributed by atoms with Crippen molar-refractivity contribution in [3.05, 3.63) is 53.7 Å². The van der Waals surface area contributed by atoms with Crippen molar-refractivity contribution >= 4 is 23.2 Å². The Hall–Kier alpha value is -3.10. The molecule has 1 amide bonds. The van der Waals surface area contributed by atoms with E-state index in [4.69, 9.17) is 4.42 Å². The van der Waals surface area contributed by atoms with Crippen LogP contribution in [0.25, 0.3) is 11.2 Å². The minimum absolute atomic E-state index is 0.161. The van der Waals surface area contributed by atoms with E-state index in [0.717, 1.165) is 31.5 Å². The SMILES string of the molecule is O=C(NC1CCCN(c2nc3ncccc3o2)C1)c1ccc(C(F)(F)F)cc1. The Kier molecular flexibility index (Phi) is 4.66. The summed E-state index contributed by atoms with van der Waals surface area (Å²) in [6.07, 6.45) is -1.20. The normalized spacial score (nSPS) is 17.7. The zero-order valence-electron chi connectivity index (χ0n) is 14.7. The summed E-state index contributed by atoms with van der Waals surface area (Å²) >= 11 is 0. The van der Waals surface area contributed by atoms with E-state index in [1.54, 1.807) is 18.3 Å². The summed E-state index contributed by atoms with van der Waals surface area (Å²) in [7, 11) is 0. The van der Waals surface area contributed by atoms with Gasteiger partial charge in [-0.25, -0.2) is 4.98 Å². The molecule has 3 heterocycles. The molecule has 1 unspecified atom stereocenters. The van der Waals surface area contributed by atoms with E-state index in [1.165, 1.54) is 12.1 Å². The van der Waals surface area contributed by atoms with Gasteiger partial charge in [0.25, 0.3) is 11.9 Å². The average Bonchev–Trinajstić information content (AvgIpc) is 3.12. The molecule has 2 aromatic heterocycles. The van der Waals surface area contributed by atoms with Crippen molar-refractivity contribution in [2.24, 2.45) is 0 Å². The van der Waals surface area contributed by atoms with Gasteiger partial charge in [0.15, 0.2) is 5.58 Å². The van der Waals surface area contributed by atoms with Gasteiger partial charge in [0, 0.05) is 30.9 Å². The molecule has 28 heavy (non-hydrogen) atoms. The Balaban J connectivity index is 1.42. The Morgan fingerprint density at radius 2 is 2.00 bits per heavy atom. The maximum Gasteiger partial charge on any atom is 0.416 e. The molecule has 3 aromatic rings. The Labute approximate surface area is 158 Å². The van der Waals surface area contributed by atoms with Crippen LogP contribution in [0.1, 0.15) is 28.8 Å². The number of nitrogens with one attached hydrogen (secondary N) is 1. The second kappa shape index (κ2) is 7.14. The predicted octanol–water partition coefficient (Wildman–Crippen LogP) is 3.64. The minimum Gasteiger partial charge on any atom is -0.422 e. The zero-order chi connectivity index (χ0) is 19.7. The van der Waals surface area contributed by atoms with Crippen LogP contribution in [0.2, 0.25) is 0 Å². The van der Waals surface area contributed by atoms with E-state index >= 15 is 0 Å². The molecule has 1 saturated heterocycles. The molecular weight excluding hydrogens is 373 g/mol. The van der Waals surface area contributed by atoms with Crippen LogP contribution < -0.4 is 10.2 Å². The number of hydrogen-bond acceptors (Lipinski definition) is 5. The van der Waals surface area contributed by atoms with Crippen LogP contribution in [0.4, 0.5) is 19.2 Å². The van der Waals surface area contributed by atoms with Gasteiger partial charge in [0.1, 0.15) is 0 Å². The van der Waals surface area contributed by atoms with Gasteiger partial charge in [-0.15, -0.1) is 0 Å². The van der Waals surface area contributed by atoms with Gasteiger partial charge in [-0.3, -0.25) is 4.79 Å². The summed E-state index contributed by atoms with van der Waals surface area (Å²) in [5.74, 6) is -0.403. The molecule has 0 spiro atoms. The highest BCUT2D eigenvalue weighted by molar-refractivity contribution is 5.94. The lowest BCUT2D eigenvalue weighted by molar-refractivity contribution is -0.137. The van der Waals surface area contributed by atoms with Crippen molar-refractivity contribution in [3.8, 4) is 0 Å². The number of nitrogens with zero attached hydrogens (tertiary/aromatic N) is 3. The fourth-order valence-electron chi connectivity index (χ4n) is 3.24. The first kappa shape index (κ1) is 18.3. The number of halogens is 3. The molecule has 0 bridgehead atoms. The number of amides is 1. The summed E-state index contributed by atoms with van der Waals surface area (Å²) in [4.78, 5) is 22.8. The lowest BCUT2D eigenvalue weighted by atomic mass is 10.0. The highest BCUT2D eigenvalue weighted by atomic mass is 19.4. The number of benzene rings is 1. The fourth-order valence-corrected chi connectivity index (χ4v) is 3.24. The smallest absolute Gasteiger partial charge is 0.416 e. The lowest BCUT2D eigenvalue weighted by Crippen LogP contribution is -2.48. The molecule has 0 aliphatic carbocycles. The Morgan fingerprint density at radius 1 is 1.21 bits per heavy atom.